The van der Waals surface area contributed by atoms with Gasteiger partial charge in [0, 0.05) is 24.6 Å². The van der Waals surface area contributed by atoms with Gasteiger partial charge in [0.05, 0.1) is 4.90 Å². The molecule has 0 atom stereocenters. The molecule has 136 valence electrons. The fraction of sp³-hybridized carbons (Fsp3) is 0.400. The van der Waals surface area contributed by atoms with Crippen molar-refractivity contribution in [3.63, 3.8) is 0 Å². The molecule has 0 bridgehead atoms. The van der Waals surface area contributed by atoms with Gasteiger partial charge in [0.25, 0.3) is 0 Å². The lowest BCUT2D eigenvalue weighted by Gasteiger charge is -2.08. The summed E-state index contributed by atoms with van der Waals surface area (Å²) in [6.45, 7) is 4.23. The number of nitrogens with one attached hydrogen (secondary N) is 3. The predicted octanol–water partition coefficient (Wildman–Crippen LogP) is 1.47. The lowest BCUT2D eigenvalue weighted by atomic mass is 10.2. The Morgan fingerprint density at radius 2 is 2.08 bits per heavy atom. The van der Waals surface area contributed by atoms with Crippen LogP contribution in [0.15, 0.2) is 33.7 Å². The minimum Gasteiger partial charge on any atom is -0.339 e. The van der Waals surface area contributed by atoms with E-state index in [4.69, 9.17) is 4.52 Å². The van der Waals surface area contributed by atoms with Crippen LogP contribution >= 0.6 is 0 Å². The molecule has 0 unspecified atom stereocenters. The molecule has 1 heterocycles. The van der Waals surface area contributed by atoms with E-state index in [0.29, 0.717) is 30.4 Å². The minimum atomic E-state index is -3.56. The van der Waals surface area contributed by atoms with Crippen molar-refractivity contribution in [3.05, 3.63) is 36.0 Å². The average Bonchev–Trinajstić information content (AvgIpc) is 3.04. The number of hydrogen-bond acceptors (Lipinski definition) is 6. The Morgan fingerprint density at radius 1 is 1.32 bits per heavy atom. The van der Waals surface area contributed by atoms with E-state index < -0.39 is 16.1 Å². The molecule has 1 aromatic heterocycles. The van der Waals surface area contributed by atoms with Crippen molar-refractivity contribution in [2.24, 2.45) is 0 Å². The third-order valence-corrected chi connectivity index (χ3v) is 4.71. The lowest BCUT2D eigenvalue weighted by Crippen LogP contribution is -2.30. The largest absolute Gasteiger partial charge is 0.339 e. The first-order chi connectivity index (χ1) is 11.8. The quantitative estimate of drug-likeness (QED) is 0.680. The Kier molecular flexibility index (Phi) is 6.10. The van der Waals surface area contributed by atoms with Crippen molar-refractivity contribution in [3.8, 4) is 0 Å². The van der Waals surface area contributed by atoms with Gasteiger partial charge >= 0.3 is 6.03 Å². The first-order valence-corrected chi connectivity index (χ1v) is 9.21. The fourth-order valence-corrected chi connectivity index (χ4v) is 2.70. The van der Waals surface area contributed by atoms with Gasteiger partial charge in [-0.05, 0) is 25.2 Å². The third-order valence-electron chi connectivity index (χ3n) is 3.30. The Hall–Kier alpha value is -2.46. The maximum Gasteiger partial charge on any atom is 0.319 e. The van der Waals surface area contributed by atoms with E-state index in [-0.39, 0.29) is 10.8 Å². The molecule has 0 spiro atoms. The number of urea groups is 1. The van der Waals surface area contributed by atoms with E-state index >= 15 is 0 Å². The topological polar surface area (TPSA) is 126 Å². The number of amides is 2. The van der Waals surface area contributed by atoms with Crippen LogP contribution in [0.5, 0.6) is 0 Å². The van der Waals surface area contributed by atoms with E-state index in [1.54, 1.807) is 12.1 Å². The molecule has 2 amide bonds. The van der Waals surface area contributed by atoms with Crippen molar-refractivity contribution in [2.75, 3.05) is 18.9 Å². The second kappa shape index (κ2) is 8.08. The highest BCUT2D eigenvalue weighted by molar-refractivity contribution is 7.89. The minimum absolute atomic E-state index is 0.0693. The van der Waals surface area contributed by atoms with E-state index in [1.807, 2.05) is 13.8 Å². The van der Waals surface area contributed by atoms with Crippen molar-refractivity contribution in [1.82, 2.24) is 20.2 Å². The maximum atomic E-state index is 11.9. The summed E-state index contributed by atoms with van der Waals surface area (Å²) >= 11 is 0. The average molecular weight is 367 g/mol. The van der Waals surface area contributed by atoms with Gasteiger partial charge in [-0.25, -0.2) is 17.9 Å². The number of rotatable bonds is 7. The van der Waals surface area contributed by atoms with E-state index in [1.165, 1.54) is 19.2 Å². The summed E-state index contributed by atoms with van der Waals surface area (Å²) in [5, 5.41) is 9.07. The standard InChI is InChI=1S/C15H21N5O4S/c1-10(2)14-19-13(24-20-14)7-8-17-15(21)18-11-5-4-6-12(9-11)25(22,23)16-3/h4-6,9-10,16H,7-8H2,1-3H3,(H2,17,18,21). The smallest absolute Gasteiger partial charge is 0.319 e. The number of carbonyl (C=O) groups is 1. The van der Waals surface area contributed by atoms with Crippen LogP contribution in [0.4, 0.5) is 10.5 Å². The first-order valence-electron chi connectivity index (χ1n) is 7.73. The van der Waals surface area contributed by atoms with Crippen LogP contribution in [0.25, 0.3) is 0 Å². The molecule has 10 heteroatoms. The third kappa shape index (κ3) is 5.26. The number of hydrogen-bond donors (Lipinski definition) is 3. The van der Waals surface area contributed by atoms with Gasteiger partial charge in [0.15, 0.2) is 5.82 Å². The SMILES string of the molecule is CNS(=O)(=O)c1cccc(NC(=O)NCCc2nc(C(C)C)no2)c1. The van der Waals surface area contributed by atoms with Crippen molar-refractivity contribution >= 4 is 21.7 Å². The summed E-state index contributed by atoms with van der Waals surface area (Å²) in [7, 11) is -2.24. The summed E-state index contributed by atoms with van der Waals surface area (Å²) in [5.41, 5.74) is 0.369. The van der Waals surface area contributed by atoms with Gasteiger partial charge in [-0.3, -0.25) is 0 Å². The Balaban J connectivity index is 1.87. The molecule has 0 fully saturated rings. The van der Waals surface area contributed by atoms with Crippen molar-refractivity contribution in [2.45, 2.75) is 31.1 Å². The molecule has 2 rings (SSSR count). The zero-order chi connectivity index (χ0) is 18.4. The molecule has 25 heavy (non-hydrogen) atoms. The highest BCUT2D eigenvalue weighted by atomic mass is 32.2. The molecule has 3 N–H and O–H groups in total. The molecule has 0 saturated carbocycles. The van der Waals surface area contributed by atoms with Gasteiger partial charge in [-0.2, -0.15) is 4.98 Å². The van der Waals surface area contributed by atoms with Crippen molar-refractivity contribution < 1.29 is 17.7 Å². The predicted molar refractivity (Wildman–Crippen MR) is 91.8 cm³/mol. The highest BCUT2D eigenvalue weighted by Crippen LogP contribution is 2.15. The summed E-state index contributed by atoms with van der Waals surface area (Å²) < 4.78 is 30.8. The van der Waals surface area contributed by atoms with Crippen LogP contribution in [-0.2, 0) is 16.4 Å². The summed E-state index contributed by atoms with van der Waals surface area (Å²) in [6, 6.07) is 5.50. The summed E-state index contributed by atoms with van der Waals surface area (Å²) in [6.07, 6.45) is 0.404. The number of sulfonamides is 1. The van der Waals surface area contributed by atoms with Crippen LogP contribution in [0.1, 0.15) is 31.5 Å². The summed E-state index contributed by atoms with van der Waals surface area (Å²) in [4.78, 5) is 16.2. The van der Waals surface area contributed by atoms with Crippen LogP contribution < -0.4 is 15.4 Å². The van der Waals surface area contributed by atoms with E-state index in [9.17, 15) is 13.2 Å². The number of aromatic nitrogens is 2. The molecular weight excluding hydrogens is 346 g/mol. The Labute approximate surface area is 146 Å². The maximum absolute atomic E-state index is 11.9. The molecule has 0 saturated heterocycles. The second-order valence-corrected chi connectivity index (χ2v) is 7.45. The highest BCUT2D eigenvalue weighted by Gasteiger charge is 2.13. The van der Waals surface area contributed by atoms with Gasteiger partial charge in [0.1, 0.15) is 0 Å². The van der Waals surface area contributed by atoms with Crippen LogP contribution in [0.3, 0.4) is 0 Å². The monoisotopic (exact) mass is 367 g/mol. The normalized spacial score (nSPS) is 11.5. The molecule has 9 nitrogen and oxygen atoms in total. The fourth-order valence-electron chi connectivity index (χ4n) is 1.92. The van der Waals surface area contributed by atoms with Crippen molar-refractivity contribution in [1.29, 1.82) is 0 Å². The summed E-state index contributed by atoms with van der Waals surface area (Å²) in [5.74, 6) is 1.25. The first kappa shape index (κ1) is 18.9. The molecule has 0 aliphatic rings. The molecule has 2 aromatic rings. The number of nitrogens with zero attached hydrogens (tertiary/aromatic N) is 2. The molecule has 0 aliphatic heterocycles. The van der Waals surface area contributed by atoms with Crippen LogP contribution in [0, 0.1) is 0 Å². The zero-order valence-electron chi connectivity index (χ0n) is 14.2. The lowest BCUT2D eigenvalue weighted by molar-refractivity contribution is 0.252. The molecular formula is C15H21N5O4S. The van der Waals surface area contributed by atoms with Crippen LogP contribution in [-0.4, -0.2) is 38.2 Å². The second-order valence-electron chi connectivity index (χ2n) is 5.57. The van der Waals surface area contributed by atoms with Gasteiger partial charge in [-0.1, -0.05) is 25.1 Å². The van der Waals surface area contributed by atoms with E-state index in [2.05, 4.69) is 25.5 Å². The van der Waals surface area contributed by atoms with Gasteiger partial charge < -0.3 is 15.2 Å². The number of benzene rings is 1. The van der Waals surface area contributed by atoms with Gasteiger partial charge in [0.2, 0.25) is 15.9 Å². The Bertz CT molecular complexity index is 832. The van der Waals surface area contributed by atoms with Crippen LogP contribution in [0.2, 0.25) is 0 Å². The number of anilines is 1. The number of carbonyl (C=O) groups excluding carboxylic acids is 1. The zero-order valence-corrected chi connectivity index (χ0v) is 15.1. The molecule has 0 aliphatic carbocycles. The van der Waals surface area contributed by atoms with E-state index in [0.717, 1.165) is 0 Å². The molecule has 1 aromatic carbocycles. The Morgan fingerprint density at radius 3 is 2.72 bits per heavy atom. The van der Waals surface area contributed by atoms with Gasteiger partial charge in [-0.15, -0.1) is 0 Å². The molecule has 0 radical (unpaired) electrons.